The lowest BCUT2D eigenvalue weighted by molar-refractivity contribution is 0.0954. The maximum atomic E-state index is 12.2. The zero-order valence-electron chi connectivity index (χ0n) is 12.8. The molecular formula is C16H25N3O2. The molecule has 0 spiro atoms. The summed E-state index contributed by atoms with van der Waals surface area (Å²) in [6.07, 6.45) is 1.60. The van der Waals surface area contributed by atoms with Gasteiger partial charge in [0.25, 0.3) is 5.91 Å². The van der Waals surface area contributed by atoms with Gasteiger partial charge in [0.05, 0.1) is 17.4 Å². The molecule has 0 aromatic heterocycles. The molecule has 21 heavy (non-hydrogen) atoms. The first-order valence-electron chi connectivity index (χ1n) is 7.63. The highest BCUT2D eigenvalue weighted by Crippen LogP contribution is 2.29. The van der Waals surface area contributed by atoms with Crippen molar-refractivity contribution in [2.45, 2.75) is 32.8 Å². The van der Waals surface area contributed by atoms with Crippen LogP contribution in [-0.2, 0) is 0 Å². The van der Waals surface area contributed by atoms with Gasteiger partial charge in [0, 0.05) is 25.3 Å². The number of hydrogen-bond acceptors (Lipinski definition) is 4. The molecule has 5 heteroatoms. The monoisotopic (exact) mass is 291 g/mol. The first kappa shape index (κ1) is 15.6. The Kier molecular flexibility index (Phi) is 5.07. The molecule has 5 nitrogen and oxygen atoms in total. The number of piperidine rings is 1. The number of nitrogens with two attached hydrogens (primary N) is 1. The summed E-state index contributed by atoms with van der Waals surface area (Å²) in [5, 5.41) is 12.5. The van der Waals surface area contributed by atoms with Crippen molar-refractivity contribution in [1.82, 2.24) is 5.32 Å². The van der Waals surface area contributed by atoms with Crippen molar-refractivity contribution >= 4 is 17.3 Å². The summed E-state index contributed by atoms with van der Waals surface area (Å²) in [5.41, 5.74) is 8.11. The van der Waals surface area contributed by atoms with E-state index in [2.05, 4.69) is 10.2 Å². The Morgan fingerprint density at radius 3 is 2.71 bits per heavy atom. The molecule has 116 valence electrons. The molecule has 0 saturated carbocycles. The second-order valence-corrected chi connectivity index (χ2v) is 5.70. The zero-order valence-corrected chi connectivity index (χ0v) is 12.8. The fraction of sp³-hybridized carbons (Fsp3) is 0.562. The molecule has 1 heterocycles. The first-order chi connectivity index (χ1) is 10.0. The molecule has 1 atom stereocenters. The van der Waals surface area contributed by atoms with Gasteiger partial charge in [-0.3, -0.25) is 4.79 Å². The number of nitrogens with one attached hydrogen (secondary N) is 1. The summed E-state index contributed by atoms with van der Waals surface area (Å²) in [5.74, 6) is 0.278. The maximum Gasteiger partial charge on any atom is 0.253 e. The van der Waals surface area contributed by atoms with E-state index < -0.39 is 0 Å². The van der Waals surface area contributed by atoms with Crippen molar-refractivity contribution in [2.24, 2.45) is 5.92 Å². The van der Waals surface area contributed by atoms with E-state index in [4.69, 9.17) is 5.73 Å². The van der Waals surface area contributed by atoms with Gasteiger partial charge < -0.3 is 21.1 Å². The topological polar surface area (TPSA) is 78.6 Å². The Hall–Kier alpha value is -1.75. The number of nitrogens with zero attached hydrogens (tertiary/aromatic N) is 1. The lowest BCUT2D eigenvalue weighted by atomic mass is 9.91. The highest BCUT2D eigenvalue weighted by atomic mass is 16.3. The van der Waals surface area contributed by atoms with Crippen LogP contribution in [0.15, 0.2) is 18.2 Å². The molecule has 1 amide bonds. The van der Waals surface area contributed by atoms with Gasteiger partial charge in [0.15, 0.2) is 0 Å². The lowest BCUT2D eigenvalue weighted by Gasteiger charge is -2.35. The molecule has 2 rings (SSSR count). The third-order valence-electron chi connectivity index (χ3n) is 4.17. The Morgan fingerprint density at radius 2 is 2.14 bits per heavy atom. The molecule has 0 aliphatic carbocycles. The minimum Gasteiger partial charge on any atom is -0.399 e. The van der Waals surface area contributed by atoms with E-state index in [0.29, 0.717) is 23.7 Å². The Labute approximate surface area is 126 Å². The average Bonchev–Trinajstić information content (AvgIpc) is 2.47. The van der Waals surface area contributed by atoms with E-state index in [1.165, 1.54) is 0 Å². The third-order valence-corrected chi connectivity index (χ3v) is 4.17. The van der Waals surface area contributed by atoms with Crippen LogP contribution in [0.3, 0.4) is 0 Å². The van der Waals surface area contributed by atoms with Gasteiger partial charge in [-0.2, -0.15) is 0 Å². The molecule has 1 aliphatic heterocycles. The van der Waals surface area contributed by atoms with Crippen LogP contribution in [0.1, 0.15) is 37.0 Å². The van der Waals surface area contributed by atoms with Crippen LogP contribution < -0.4 is 16.0 Å². The van der Waals surface area contributed by atoms with E-state index in [1.807, 2.05) is 19.9 Å². The number of rotatable bonds is 4. The van der Waals surface area contributed by atoms with Crippen LogP contribution in [0, 0.1) is 5.92 Å². The van der Waals surface area contributed by atoms with Crippen LogP contribution in [-0.4, -0.2) is 36.8 Å². The quantitative estimate of drug-likeness (QED) is 0.737. The smallest absolute Gasteiger partial charge is 0.253 e. The summed E-state index contributed by atoms with van der Waals surface area (Å²) in [6.45, 7) is 6.04. The first-order valence-corrected chi connectivity index (χ1v) is 7.63. The van der Waals surface area contributed by atoms with Crippen LogP contribution >= 0.6 is 0 Å². The zero-order chi connectivity index (χ0) is 15.4. The standard InChI is InChI=1S/C16H25N3O2/c1-3-18-16(21)14-5-4-13(17)10-15(14)19-8-6-12(7-9-19)11(2)20/h4-5,10-12,20H,3,6-9,17H2,1-2H3,(H,18,21). The summed E-state index contributed by atoms with van der Waals surface area (Å²) in [4.78, 5) is 14.4. The Balaban J connectivity index is 2.19. The molecule has 1 aliphatic rings. The van der Waals surface area contributed by atoms with E-state index in [1.54, 1.807) is 12.1 Å². The van der Waals surface area contributed by atoms with E-state index in [9.17, 15) is 9.90 Å². The van der Waals surface area contributed by atoms with Crippen molar-refractivity contribution in [3.8, 4) is 0 Å². The summed E-state index contributed by atoms with van der Waals surface area (Å²) >= 11 is 0. The largest absolute Gasteiger partial charge is 0.399 e. The van der Waals surface area contributed by atoms with Crippen LogP contribution in [0.5, 0.6) is 0 Å². The predicted molar refractivity (Wildman–Crippen MR) is 85.5 cm³/mol. The van der Waals surface area contributed by atoms with Crippen molar-refractivity contribution in [3.63, 3.8) is 0 Å². The summed E-state index contributed by atoms with van der Waals surface area (Å²) in [7, 11) is 0. The number of hydrogen-bond donors (Lipinski definition) is 3. The van der Waals surface area contributed by atoms with Crippen molar-refractivity contribution in [3.05, 3.63) is 23.8 Å². The normalized spacial score (nSPS) is 17.6. The van der Waals surface area contributed by atoms with Gasteiger partial charge >= 0.3 is 0 Å². The number of aliphatic hydroxyl groups excluding tert-OH is 1. The SMILES string of the molecule is CCNC(=O)c1ccc(N)cc1N1CCC(C(C)O)CC1. The van der Waals surface area contributed by atoms with E-state index >= 15 is 0 Å². The van der Waals surface area contributed by atoms with Gasteiger partial charge in [-0.15, -0.1) is 0 Å². The second kappa shape index (κ2) is 6.80. The predicted octanol–water partition coefficient (Wildman–Crippen LogP) is 1.62. The fourth-order valence-corrected chi connectivity index (χ4v) is 2.88. The van der Waals surface area contributed by atoms with Gasteiger partial charge in [0.1, 0.15) is 0 Å². The Bertz CT molecular complexity index is 494. The number of benzene rings is 1. The molecule has 1 saturated heterocycles. The fourth-order valence-electron chi connectivity index (χ4n) is 2.88. The number of amides is 1. The van der Waals surface area contributed by atoms with E-state index in [0.717, 1.165) is 31.6 Å². The van der Waals surface area contributed by atoms with Gasteiger partial charge in [0.2, 0.25) is 0 Å². The molecule has 1 unspecified atom stereocenters. The molecular weight excluding hydrogens is 266 g/mol. The van der Waals surface area contributed by atoms with E-state index in [-0.39, 0.29) is 12.0 Å². The molecule has 1 fully saturated rings. The van der Waals surface area contributed by atoms with Crippen molar-refractivity contribution < 1.29 is 9.90 Å². The highest BCUT2D eigenvalue weighted by Gasteiger charge is 2.25. The third kappa shape index (κ3) is 3.67. The van der Waals surface area contributed by atoms with Gasteiger partial charge in [-0.05, 0) is 50.8 Å². The second-order valence-electron chi connectivity index (χ2n) is 5.70. The van der Waals surface area contributed by atoms with Crippen molar-refractivity contribution in [2.75, 3.05) is 30.3 Å². The van der Waals surface area contributed by atoms with Crippen LogP contribution in [0.2, 0.25) is 0 Å². The molecule has 0 radical (unpaired) electrons. The maximum absolute atomic E-state index is 12.2. The van der Waals surface area contributed by atoms with Crippen LogP contribution in [0.25, 0.3) is 0 Å². The van der Waals surface area contributed by atoms with Crippen molar-refractivity contribution in [1.29, 1.82) is 0 Å². The van der Waals surface area contributed by atoms with Gasteiger partial charge in [-0.25, -0.2) is 0 Å². The minimum absolute atomic E-state index is 0.0647. The lowest BCUT2D eigenvalue weighted by Crippen LogP contribution is -2.38. The molecule has 1 aromatic carbocycles. The number of nitrogen functional groups attached to an aromatic ring is 1. The molecule has 4 N–H and O–H groups in total. The van der Waals surface area contributed by atoms with Crippen LogP contribution in [0.4, 0.5) is 11.4 Å². The number of aliphatic hydroxyl groups is 1. The number of anilines is 2. The summed E-state index contributed by atoms with van der Waals surface area (Å²) < 4.78 is 0. The van der Waals surface area contributed by atoms with Gasteiger partial charge in [-0.1, -0.05) is 0 Å². The number of carbonyl (C=O) groups is 1. The number of carbonyl (C=O) groups excluding carboxylic acids is 1. The molecule has 1 aromatic rings. The highest BCUT2D eigenvalue weighted by molar-refractivity contribution is 6.00. The Morgan fingerprint density at radius 1 is 1.48 bits per heavy atom. The molecule has 0 bridgehead atoms. The summed E-state index contributed by atoms with van der Waals surface area (Å²) in [6, 6.07) is 5.42. The minimum atomic E-state index is -0.268. The average molecular weight is 291 g/mol.